The van der Waals surface area contributed by atoms with E-state index < -0.39 is 51.6 Å². The average Bonchev–Trinajstić information content (AvgIpc) is 3.20. The Morgan fingerprint density at radius 3 is 1.34 bits per heavy atom. The Balaban J connectivity index is 1.32. The number of aliphatic hydroxyl groups is 1. The number of fused-ring (bicyclic) bond motifs is 3. The molecule has 20 heteroatoms. The number of nitrogens with zero attached hydrogens (tertiary/aromatic N) is 6. The molecular formula is C39H30N6O11S3. The molecule has 5 N–H and O–H groups in total. The van der Waals surface area contributed by atoms with Crippen LogP contribution in [0.4, 0.5) is 34.1 Å². The molecule has 0 heterocycles. The summed E-state index contributed by atoms with van der Waals surface area (Å²) >= 11 is 0. The molecule has 0 saturated carbocycles. The summed E-state index contributed by atoms with van der Waals surface area (Å²) in [4.78, 5) is -1.56. The fraction of sp³-hybridized carbons (Fsp3) is 0.0769. The minimum atomic E-state index is -4.78. The molecule has 0 atom stereocenters. The molecule has 0 radical (unpaired) electrons. The number of phenolic OH excluding ortho intramolecular Hbond substituents is 1. The second-order valence-electron chi connectivity index (χ2n) is 13.0. The van der Waals surface area contributed by atoms with E-state index >= 15 is 0 Å². The predicted molar refractivity (Wildman–Crippen MR) is 217 cm³/mol. The SMILES string of the molecule is CCc1ccc2c(O)c(N=Nc3ccc(N=Nc4ccc(N=Nc5ccc(CO)cc5S(=O)(=O)O)c5ccc(S(=O)(=O)O)cc45)c4ccc(S(=O)(=O)O)cc34)ccc2c1. The fourth-order valence-electron chi connectivity index (χ4n) is 6.18. The summed E-state index contributed by atoms with van der Waals surface area (Å²) in [5.41, 5.74) is 1.63. The van der Waals surface area contributed by atoms with Gasteiger partial charge in [0, 0.05) is 26.9 Å². The van der Waals surface area contributed by atoms with Gasteiger partial charge in [0.1, 0.15) is 16.3 Å². The van der Waals surface area contributed by atoms with Gasteiger partial charge in [-0.3, -0.25) is 13.7 Å². The van der Waals surface area contributed by atoms with Crippen LogP contribution in [0.2, 0.25) is 0 Å². The Hall–Kier alpha value is -6.39. The molecule has 0 aliphatic rings. The second kappa shape index (κ2) is 15.8. The van der Waals surface area contributed by atoms with Crippen molar-refractivity contribution >= 4 is 96.8 Å². The lowest BCUT2D eigenvalue weighted by molar-refractivity contribution is 0.281. The number of hydrogen-bond donors (Lipinski definition) is 5. The summed E-state index contributed by atoms with van der Waals surface area (Å²) in [7, 11) is -14.2. The maximum absolute atomic E-state index is 12.1. The molecule has 0 aliphatic carbocycles. The quantitative estimate of drug-likeness (QED) is 0.0603. The Morgan fingerprint density at radius 1 is 0.441 bits per heavy atom. The zero-order chi connectivity index (χ0) is 42.3. The van der Waals surface area contributed by atoms with Crippen molar-refractivity contribution in [1.29, 1.82) is 0 Å². The minimum absolute atomic E-state index is 0.0691. The number of rotatable bonds is 11. The van der Waals surface area contributed by atoms with Crippen LogP contribution in [0.15, 0.2) is 155 Å². The highest BCUT2D eigenvalue weighted by atomic mass is 32.2. The molecule has 300 valence electrons. The molecule has 7 aromatic rings. The van der Waals surface area contributed by atoms with Crippen LogP contribution in [0.3, 0.4) is 0 Å². The van der Waals surface area contributed by atoms with Gasteiger partial charge in [0.25, 0.3) is 30.4 Å². The Morgan fingerprint density at radius 2 is 0.864 bits per heavy atom. The lowest BCUT2D eigenvalue weighted by Gasteiger charge is -2.09. The van der Waals surface area contributed by atoms with E-state index in [0.29, 0.717) is 10.8 Å². The monoisotopic (exact) mass is 854 g/mol. The van der Waals surface area contributed by atoms with Crippen LogP contribution < -0.4 is 0 Å². The number of azo groups is 3. The van der Waals surface area contributed by atoms with Crippen molar-refractivity contribution in [3.63, 3.8) is 0 Å². The van der Waals surface area contributed by atoms with Gasteiger partial charge in [-0.25, -0.2) is 0 Å². The number of phenols is 1. The molecule has 7 aromatic carbocycles. The lowest BCUT2D eigenvalue weighted by atomic mass is 10.0. The molecule has 0 unspecified atom stereocenters. The molecule has 0 spiro atoms. The van der Waals surface area contributed by atoms with Crippen molar-refractivity contribution in [2.45, 2.75) is 34.6 Å². The number of hydrogen-bond acceptors (Lipinski definition) is 14. The van der Waals surface area contributed by atoms with Crippen LogP contribution in [-0.4, -0.2) is 49.1 Å². The van der Waals surface area contributed by atoms with E-state index in [1.807, 2.05) is 19.1 Å². The van der Waals surface area contributed by atoms with Crippen LogP contribution in [0.25, 0.3) is 32.3 Å². The van der Waals surface area contributed by atoms with Gasteiger partial charge in [-0.1, -0.05) is 49.4 Å². The molecule has 17 nitrogen and oxygen atoms in total. The van der Waals surface area contributed by atoms with Gasteiger partial charge in [-0.2, -0.15) is 25.3 Å². The third-order valence-corrected chi connectivity index (χ3v) is 11.8. The predicted octanol–water partition coefficient (Wildman–Crippen LogP) is 9.89. The molecule has 0 aliphatic heterocycles. The van der Waals surface area contributed by atoms with Crippen molar-refractivity contribution in [2.24, 2.45) is 30.7 Å². The summed E-state index contributed by atoms with van der Waals surface area (Å²) < 4.78 is 102. The van der Waals surface area contributed by atoms with Gasteiger partial charge >= 0.3 is 0 Å². The van der Waals surface area contributed by atoms with Crippen molar-refractivity contribution in [3.05, 3.63) is 120 Å². The fourth-order valence-corrected chi connectivity index (χ4v) is 7.87. The number of aromatic hydroxyl groups is 1. The summed E-state index contributed by atoms with van der Waals surface area (Å²) in [6.45, 7) is 1.51. The highest BCUT2D eigenvalue weighted by molar-refractivity contribution is 7.86. The number of aryl methyl sites for hydroxylation is 1. The normalized spacial score (nSPS) is 12.9. The van der Waals surface area contributed by atoms with Gasteiger partial charge in [0.2, 0.25) is 0 Å². The second-order valence-corrected chi connectivity index (χ2v) is 17.2. The first-order chi connectivity index (χ1) is 27.9. The lowest BCUT2D eigenvalue weighted by Crippen LogP contribution is -1.99. The summed E-state index contributed by atoms with van der Waals surface area (Å²) in [5.74, 6) is -0.112. The maximum atomic E-state index is 12.1. The van der Waals surface area contributed by atoms with Crippen molar-refractivity contribution < 1.29 is 49.1 Å². The molecule has 0 saturated heterocycles. The first kappa shape index (κ1) is 40.8. The molecule has 0 fully saturated rings. The Labute approximate surface area is 336 Å². The molecule has 0 aromatic heterocycles. The first-order valence-electron chi connectivity index (χ1n) is 17.2. The van der Waals surface area contributed by atoms with E-state index in [1.54, 1.807) is 18.2 Å². The molecule has 59 heavy (non-hydrogen) atoms. The first-order valence-corrected chi connectivity index (χ1v) is 21.6. The van der Waals surface area contributed by atoms with Crippen molar-refractivity contribution in [3.8, 4) is 5.75 Å². The van der Waals surface area contributed by atoms with E-state index in [4.69, 9.17) is 0 Å². The smallest absolute Gasteiger partial charge is 0.296 e. The van der Waals surface area contributed by atoms with Gasteiger partial charge in [0.15, 0.2) is 5.75 Å². The van der Waals surface area contributed by atoms with Crippen LogP contribution in [0.1, 0.15) is 18.1 Å². The zero-order valence-corrected chi connectivity index (χ0v) is 32.8. The summed E-state index contributed by atoms with van der Waals surface area (Å²) in [6, 6.07) is 25.6. The van der Waals surface area contributed by atoms with Gasteiger partial charge in [-0.05, 0) is 89.7 Å². The van der Waals surface area contributed by atoms with Crippen LogP contribution >= 0.6 is 0 Å². The third-order valence-electron chi connectivity index (χ3n) is 9.20. The number of benzene rings is 7. The van der Waals surface area contributed by atoms with Crippen LogP contribution in [0.5, 0.6) is 5.75 Å². The Kier molecular flexibility index (Phi) is 10.9. The number of aliphatic hydroxyl groups excluding tert-OH is 1. The molecule has 7 rings (SSSR count). The highest BCUT2D eigenvalue weighted by Crippen LogP contribution is 2.41. The average molecular weight is 855 g/mol. The van der Waals surface area contributed by atoms with Gasteiger partial charge < -0.3 is 10.2 Å². The van der Waals surface area contributed by atoms with Crippen molar-refractivity contribution in [1.82, 2.24) is 0 Å². The van der Waals surface area contributed by atoms with E-state index in [9.17, 15) is 49.1 Å². The van der Waals surface area contributed by atoms with Gasteiger partial charge in [0.05, 0.1) is 39.1 Å². The highest BCUT2D eigenvalue weighted by Gasteiger charge is 2.19. The van der Waals surface area contributed by atoms with Crippen molar-refractivity contribution in [2.75, 3.05) is 0 Å². The molecule has 0 bridgehead atoms. The maximum Gasteiger partial charge on any atom is 0.296 e. The minimum Gasteiger partial charge on any atom is -0.505 e. The third kappa shape index (κ3) is 8.59. The molecular weight excluding hydrogens is 825 g/mol. The Bertz CT molecular complexity index is 3300. The topological polar surface area (TPSA) is 278 Å². The van der Waals surface area contributed by atoms with Crippen LogP contribution in [-0.2, 0) is 43.4 Å². The van der Waals surface area contributed by atoms with E-state index in [-0.39, 0.29) is 61.6 Å². The summed E-state index contributed by atoms with van der Waals surface area (Å²) in [5, 5.41) is 47.9. The van der Waals surface area contributed by atoms with E-state index in [0.717, 1.165) is 41.6 Å². The van der Waals surface area contributed by atoms with E-state index in [1.165, 1.54) is 54.6 Å². The standard InChI is InChI=1S/C39H30N6O11S3/c1-2-22-3-8-27-24(17-22)5-12-37(39(27)47)45-43-35-16-13-32(28-9-6-26(20-31(28)35)58(51,52)53)40-42-34-15-14-33(29-10-7-25(19-30(29)34)57(48,49)50)41-44-36-11-4-23(21-46)18-38(36)59(54,55)56/h3-20,46-47H,2,21H2,1H3,(H,48,49,50)(H,51,52,53)(H,54,55,56). The van der Waals surface area contributed by atoms with E-state index in [2.05, 4.69) is 30.7 Å². The molecule has 0 amide bonds. The van der Waals surface area contributed by atoms with Crippen LogP contribution in [0, 0.1) is 0 Å². The summed E-state index contributed by atoms with van der Waals surface area (Å²) in [6.07, 6.45) is 0.811. The zero-order valence-electron chi connectivity index (χ0n) is 30.4. The largest absolute Gasteiger partial charge is 0.505 e. The van der Waals surface area contributed by atoms with Gasteiger partial charge in [-0.15, -0.1) is 30.7 Å².